The molecular formula is C12H18O4. The summed E-state index contributed by atoms with van der Waals surface area (Å²) in [6, 6.07) is 3.12. The van der Waals surface area contributed by atoms with Gasteiger partial charge in [0.1, 0.15) is 11.9 Å². The quantitative estimate of drug-likeness (QED) is 0.801. The first-order valence-electron chi connectivity index (χ1n) is 5.33. The molecule has 0 aromatic carbocycles. The van der Waals surface area contributed by atoms with Crippen LogP contribution in [-0.2, 0) is 4.74 Å². The molecule has 1 aromatic rings. The number of aliphatic hydroxyl groups excluding tert-OH is 1. The largest absolute Gasteiger partial charge is 0.463 e. The summed E-state index contributed by atoms with van der Waals surface area (Å²) in [6.07, 6.45) is -0.696. The van der Waals surface area contributed by atoms with Gasteiger partial charge in [-0.1, -0.05) is 20.8 Å². The lowest BCUT2D eigenvalue weighted by atomic mass is 9.91. The molecule has 0 radical (unpaired) electrons. The number of hydrogen-bond donors (Lipinski definition) is 1. The first-order chi connectivity index (χ1) is 7.47. The van der Waals surface area contributed by atoms with Crippen molar-refractivity contribution in [2.45, 2.75) is 26.9 Å². The third kappa shape index (κ3) is 2.64. The lowest BCUT2D eigenvalue weighted by Crippen LogP contribution is -2.14. The van der Waals surface area contributed by atoms with E-state index in [-0.39, 0.29) is 11.7 Å². The summed E-state index contributed by atoms with van der Waals surface area (Å²) in [5, 5.41) is 9.98. The van der Waals surface area contributed by atoms with E-state index >= 15 is 0 Å². The fourth-order valence-corrected chi connectivity index (χ4v) is 1.35. The highest BCUT2D eigenvalue weighted by molar-refractivity contribution is 5.86. The fourth-order valence-electron chi connectivity index (χ4n) is 1.35. The Morgan fingerprint density at radius 1 is 1.38 bits per heavy atom. The Morgan fingerprint density at radius 3 is 2.50 bits per heavy atom. The van der Waals surface area contributed by atoms with Crippen molar-refractivity contribution in [1.29, 1.82) is 0 Å². The summed E-state index contributed by atoms with van der Waals surface area (Å²) in [6.45, 7) is 5.99. The minimum atomic E-state index is -0.696. The van der Waals surface area contributed by atoms with E-state index in [1.807, 2.05) is 20.8 Å². The monoisotopic (exact) mass is 226 g/mol. The van der Waals surface area contributed by atoms with Crippen LogP contribution in [-0.4, -0.2) is 18.2 Å². The van der Waals surface area contributed by atoms with Crippen molar-refractivity contribution >= 4 is 5.97 Å². The van der Waals surface area contributed by atoms with Crippen LogP contribution in [0.25, 0.3) is 0 Å². The number of furan rings is 1. The number of hydrogen-bond acceptors (Lipinski definition) is 4. The van der Waals surface area contributed by atoms with Gasteiger partial charge in [-0.25, -0.2) is 4.79 Å². The van der Waals surface area contributed by atoms with Gasteiger partial charge in [0, 0.05) is 0 Å². The summed E-state index contributed by atoms with van der Waals surface area (Å²) in [5.41, 5.74) is 0. The van der Waals surface area contributed by atoms with Crippen LogP contribution >= 0.6 is 0 Å². The molecule has 0 saturated heterocycles. The minimum absolute atomic E-state index is 0.0663. The van der Waals surface area contributed by atoms with Gasteiger partial charge in [0.05, 0.1) is 7.11 Å². The normalized spacial score (nSPS) is 14.9. The van der Waals surface area contributed by atoms with Gasteiger partial charge in [-0.15, -0.1) is 0 Å². The number of rotatable bonds is 4. The van der Waals surface area contributed by atoms with Crippen LogP contribution in [0, 0.1) is 11.8 Å². The molecule has 4 heteroatoms. The summed E-state index contributed by atoms with van der Waals surface area (Å²) < 4.78 is 9.77. The van der Waals surface area contributed by atoms with Gasteiger partial charge >= 0.3 is 5.97 Å². The Kier molecular flexibility index (Phi) is 4.12. The summed E-state index contributed by atoms with van der Waals surface area (Å²) >= 11 is 0. The van der Waals surface area contributed by atoms with Gasteiger partial charge in [0.2, 0.25) is 5.76 Å². The molecule has 0 spiro atoms. The number of carbonyl (C=O) groups is 1. The Morgan fingerprint density at radius 2 is 2.00 bits per heavy atom. The highest BCUT2D eigenvalue weighted by Gasteiger charge is 2.23. The van der Waals surface area contributed by atoms with E-state index in [9.17, 15) is 9.90 Å². The second kappa shape index (κ2) is 5.16. The Bertz CT molecular complexity index is 354. The van der Waals surface area contributed by atoms with Crippen molar-refractivity contribution in [3.05, 3.63) is 23.7 Å². The molecule has 1 N–H and O–H groups in total. The van der Waals surface area contributed by atoms with Crippen LogP contribution in [0.15, 0.2) is 16.5 Å². The van der Waals surface area contributed by atoms with Crippen LogP contribution < -0.4 is 0 Å². The first-order valence-corrected chi connectivity index (χ1v) is 5.33. The molecule has 4 nitrogen and oxygen atoms in total. The van der Waals surface area contributed by atoms with Crippen LogP contribution in [0.3, 0.4) is 0 Å². The molecule has 2 unspecified atom stereocenters. The maximum atomic E-state index is 11.2. The molecule has 0 bridgehead atoms. The van der Waals surface area contributed by atoms with E-state index in [0.29, 0.717) is 11.7 Å². The second-order valence-corrected chi connectivity index (χ2v) is 4.24. The minimum Gasteiger partial charge on any atom is -0.463 e. The lowest BCUT2D eigenvalue weighted by molar-refractivity contribution is 0.0519. The summed E-state index contributed by atoms with van der Waals surface area (Å²) in [7, 11) is 1.29. The highest BCUT2D eigenvalue weighted by atomic mass is 16.5. The van der Waals surface area contributed by atoms with Gasteiger partial charge in [0.15, 0.2) is 0 Å². The molecule has 0 saturated carbocycles. The summed E-state index contributed by atoms with van der Waals surface area (Å²) in [4.78, 5) is 11.2. The number of esters is 1. The summed E-state index contributed by atoms with van der Waals surface area (Å²) in [5.74, 6) is 0.392. The molecule has 0 amide bonds. The zero-order chi connectivity index (χ0) is 12.3. The van der Waals surface area contributed by atoms with Crippen LogP contribution in [0.2, 0.25) is 0 Å². The molecule has 0 aliphatic rings. The molecule has 0 aliphatic heterocycles. The van der Waals surface area contributed by atoms with E-state index in [0.717, 1.165) is 0 Å². The van der Waals surface area contributed by atoms with E-state index in [1.165, 1.54) is 13.2 Å². The maximum absolute atomic E-state index is 11.2. The Labute approximate surface area is 95.2 Å². The van der Waals surface area contributed by atoms with Crippen molar-refractivity contribution in [2.24, 2.45) is 11.8 Å². The van der Waals surface area contributed by atoms with Crippen molar-refractivity contribution in [3.63, 3.8) is 0 Å². The van der Waals surface area contributed by atoms with E-state index in [4.69, 9.17) is 4.42 Å². The maximum Gasteiger partial charge on any atom is 0.373 e. The molecule has 1 rings (SSSR count). The van der Waals surface area contributed by atoms with Gasteiger partial charge < -0.3 is 14.3 Å². The van der Waals surface area contributed by atoms with E-state index in [1.54, 1.807) is 6.07 Å². The Hall–Kier alpha value is -1.29. The van der Waals surface area contributed by atoms with Crippen molar-refractivity contribution in [1.82, 2.24) is 0 Å². The molecule has 16 heavy (non-hydrogen) atoms. The highest BCUT2D eigenvalue weighted by Crippen LogP contribution is 2.28. The average molecular weight is 226 g/mol. The average Bonchev–Trinajstić information content (AvgIpc) is 2.75. The molecule has 0 fully saturated rings. The third-order valence-corrected chi connectivity index (χ3v) is 2.85. The predicted octanol–water partition coefficient (Wildman–Crippen LogP) is 2.39. The second-order valence-electron chi connectivity index (χ2n) is 4.24. The van der Waals surface area contributed by atoms with Crippen LogP contribution in [0.4, 0.5) is 0 Å². The van der Waals surface area contributed by atoms with E-state index < -0.39 is 12.1 Å². The van der Waals surface area contributed by atoms with Gasteiger partial charge in [0.25, 0.3) is 0 Å². The van der Waals surface area contributed by atoms with Gasteiger partial charge in [-0.05, 0) is 24.0 Å². The fraction of sp³-hybridized carbons (Fsp3) is 0.583. The molecule has 1 heterocycles. The molecule has 2 atom stereocenters. The van der Waals surface area contributed by atoms with Crippen molar-refractivity contribution in [3.8, 4) is 0 Å². The molecule has 90 valence electrons. The zero-order valence-corrected chi connectivity index (χ0v) is 10.1. The van der Waals surface area contributed by atoms with Crippen molar-refractivity contribution in [2.75, 3.05) is 7.11 Å². The predicted molar refractivity (Wildman–Crippen MR) is 59.0 cm³/mol. The van der Waals surface area contributed by atoms with Crippen LogP contribution in [0.5, 0.6) is 0 Å². The number of ether oxygens (including phenoxy) is 1. The van der Waals surface area contributed by atoms with Gasteiger partial charge in [-0.2, -0.15) is 0 Å². The molecular weight excluding hydrogens is 208 g/mol. The SMILES string of the molecule is COC(=O)c1ccc(C(O)C(C)C(C)C)o1. The topological polar surface area (TPSA) is 59.7 Å². The Balaban J connectivity index is 2.81. The smallest absolute Gasteiger partial charge is 0.373 e. The zero-order valence-electron chi connectivity index (χ0n) is 10.1. The van der Waals surface area contributed by atoms with E-state index in [2.05, 4.69) is 4.74 Å². The van der Waals surface area contributed by atoms with Crippen LogP contribution in [0.1, 0.15) is 43.2 Å². The van der Waals surface area contributed by atoms with Crippen molar-refractivity contribution < 1.29 is 19.1 Å². The molecule has 0 aliphatic carbocycles. The number of carbonyl (C=O) groups excluding carboxylic acids is 1. The third-order valence-electron chi connectivity index (χ3n) is 2.85. The standard InChI is InChI=1S/C12H18O4/c1-7(2)8(3)11(13)9-5-6-10(16-9)12(14)15-4/h5-8,11,13H,1-4H3. The first kappa shape index (κ1) is 12.8. The molecule has 1 aromatic heterocycles. The number of methoxy groups -OCH3 is 1. The number of aliphatic hydroxyl groups is 1. The lowest BCUT2D eigenvalue weighted by Gasteiger charge is -2.20. The van der Waals surface area contributed by atoms with Gasteiger partial charge in [-0.3, -0.25) is 0 Å².